The van der Waals surface area contributed by atoms with Crippen LogP contribution in [0, 0.1) is 13.8 Å². The average Bonchev–Trinajstić information content (AvgIpc) is 2.27. The van der Waals surface area contributed by atoms with E-state index >= 15 is 0 Å². The highest BCUT2D eigenvalue weighted by atomic mass is 16.2. The fourth-order valence-electron chi connectivity index (χ4n) is 2.56. The number of rotatable bonds is 3. The largest absolute Gasteiger partial charge is 0.350 e. The van der Waals surface area contributed by atoms with Gasteiger partial charge in [0.2, 0.25) is 0 Å². The van der Waals surface area contributed by atoms with Crippen molar-refractivity contribution in [2.75, 3.05) is 25.0 Å². The van der Waals surface area contributed by atoms with E-state index in [1.165, 1.54) is 5.56 Å². The van der Waals surface area contributed by atoms with E-state index in [4.69, 9.17) is 0 Å². The van der Waals surface area contributed by atoms with Crippen molar-refractivity contribution in [2.45, 2.75) is 26.9 Å². The van der Waals surface area contributed by atoms with Crippen LogP contribution in [0.1, 0.15) is 28.4 Å². The molecule has 1 aromatic carbocycles. The lowest BCUT2D eigenvalue weighted by Gasteiger charge is -2.38. The maximum atomic E-state index is 12.1. The molecule has 1 aliphatic rings. The lowest BCUT2D eigenvalue weighted by Crippen LogP contribution is -2.53. The molecule has 2 N–H and O–H groups in total. The van der Waals surface area contributed by atoms with Gasteiger partial charge in [-0.05, 0) is 45.0 Å². The standard InChI is InChI=1S/C14H21N3O/c1-9-7-10(2)13-12(8-9)17(6-5-15-4)11(3)16-14(13)18/h7-8,11,15H,5-6H2,1-4H3,(H,16,18)/t11-/m0/s1. The van der Waals surface area contributed by atoms with Crippen molar-refractivity contribution in [3.8, 4) is 0 Å². The van der Waals surface area contributed by atoms with Gasteiger partial charge in [-0.3, -0.25) is 4.79 Å². The van der Waals surface area contributed by atoms with Gasteiger partial charge in [-0.2, -0.15) is 0 Å². The van der Waals surface area contributed by atoms with Gasteiger partial charge in [-0.15, -0.1) is 0 Å². The average molecular weight is 247 g/mol. The van der Waals surface area contributed by atoms with Crippen molar-refractivity contribution >= 4 is 11.6 Å². The van der Waals surface area contributed by atoms with Gasteiger partial charge in [-0.1, -0.05) is 6.07 Å². The normalized spacial score (nSPS) is 18.6. The van der Waals surface area contributed by atoms with E-state index in [0.717, 1.165) is 29.9 Å². The molecule has 0 saturated carbocycles. The molecule has 1 aliphatic heterocycles. The summed E-state index contributed by atoms with van der Waals surface area (Å²) in [5.41, 5.74) is 4.11. The number of carbonyl (C=O) groups is 1. The molecule has 1 aromatic rings. The zero-order chi connectivity index (χ0) is 13.3. The van der Waals surface area contributed by atoms with E-state index in [1.54, 1.807) is 0 Å². The van der Waals surface area contributed by atoms with Gasteiger partial charge in [0, 0.05) is 13.1 Å². The number of fused-ring (bicyclic) bond motifs is 1. The summed E-state index contributed by atoms with van der Waals surface area (Å²) < 4.78 is 0. The first-order chi connectivity index (χ1) is 8.54. The van der Waals surface area contributed by atoms with Crippen LogP contribution in [0.4, 0.5) is 5.69 Å². The first-order valence-corrected chi connectivity index (χ1v) is 6.38. The van der Waals surface area contributed by atoms with Crippen LogP contribution in [0.3, 0.4) is 0 Å². The van der Waals surface area contributed by atoms with Crippen LogP contribution in [0.2, 0.25) is 0 Å². The van der Waals surface area contributed by atoms with Crippen molar-refractivity contribution in [1.82, 2.24) is 10.6 Å². The quantitative estimate of drug-likeness (QED) is 0.849. The summed E-state index contributed by atoms with van der Waals surface area (Å²) in [5, 5.41) is 6.17. The lowest BCUT2D eigenvalue weighted by atomic mass is 9.99. The van der Waals surface area contributed by atoms with Crippen molar-refractivity contribution in [2.24, 2.45) is 0 Å². The SMILES string of the molecule is CNCCN1c2cc(C)cc(C)c2C(=O)N[C@@H]1C. The van der Waals surface area contributed by atoms with E-state index < -0.39 is 0 Å². The Bertz CT molecular complexity index is 470. The molecule has 0 unspecified atom stereocenters. The lowest BCUT2D eigenvalue weighted by molar-refractivity contribution is 0.0930. The molecule has 0 radical (unpaired) electrons. The summed E-state index contributed by atoms with van der Waals surface area (Å²) in [7, 11) is 1.94. The summed E-state index contributed by atoms with van der Waals surface area (Å²) >= 11 is 0. The van der Waals surface area contributed by atoms with Crippen LogP contribution in [0.25, 0.3) is 0 Å². The Morgan fingerprint density at radius 3 is 2.78 bits per heavy atom. The molecule has 1 heterocycles. The maximum Gasteiger partial charge on any atom is 0.255 e. The zero-order valence-electron chi connectivity index (χ0n) is 11.5. The third-order valence-corrected chi connectivity index (χ3v) is 3.41. The predicted molar refractivity (Wildman–Crippen MR) is 74.1 cm³/mol. The third kappa shape index (κ3) is 2.20. The van der Waals surface area contributed by atoms with Crippen LogP contribution in [0.15, 0.2) is 12.1 Å². The number of hydrogen-bond acceptors (Lipinski definition) is 3. The zero-order valence-corrected chi connectivity index (χ0v) is 11.5. The number of nitrogens with zero attached hydrogens (tertiary/aromatic N) is 1. The van der Waals surface area contributed by atoms with Crippen LogP contribution < -0.4 is 15.5 Å². The molecule has 0 fully saturated rings. The molecule has 0 bridgehead atoms. The molecule has 2 rings (SSSR count). The van der Waals surface area contributed by atoms with Crippen LogP contribution in [-0.2, 0) is 0 Å². The molecule has 1 atom stereocenters. The second-order valence-corrected chi connectivity index (χ2v) is 4.92. The number of likely N-dealkylation sites (N-methyl/N-ethyl adjacent to an activating group) is 1. The summed E-state index contributed by atoms with van der Waals surface area (Å²) in [6, 6.07) is 4.16. The highest BCUT2D eigenvalue weighted by Gasteiger charge is 2.28. The van der Waals surface area contributed by atoms with E-state index in [0.29, 0.717) is 0 Å². The minimum absolute atomic E-state index is 0.0377. The number of nitrogens with one attached hydrogen (secondary N) is 2. The maximum absolute atomic E-state index is 12.1. The molecule has 0 saturated heterocycles. The van der Waals surface area contributed by atoms with Crippen LogP contribution >= 0.6 is 0 Å². The second-order valence-electron chi connectivity index (χ2n) is 4.92. The Morgan fingerprint density at radius 1 is 1.39 bits per heavy atom. The monoisotopic (exact) mass is 247 g/mol. The first kappa shape index (κ1) is 12.9. The Morgan fingerprint density at radius 2 is 2.11 bits per heavy atom. The minimum atomic E-state index is 0.0377. The Hall–Kier alpha value is -1.55. The van der Waals surface area contributed by atoms with Gasteiger partial charge in [0.05, 0.1) is 17.4 Å². The number of amides is 1. The number of anilines is 1. The van der Waals surface area contributed by atoms with E-state index in [1.807, 2.05) is 20.9 Å². The highest BCUT2D eigenvalue weighted by molar-refractivity contribution is 6.03. The third-order valence-electron chi connectivity index (χ3n) is 3.41. The first-order valence-electron chi connectivity index (χ1n) is 6.38. The van der Waals surface area contributed by atoms with Gasteiger partial charge in [0.1, 0.15) is 0 Å². The molecule has 0 spiro atoms. The molecule has 98 valence electrons. The van der Waals surface area contributed by atoms with Crippen LogP contribution in [0.5, 0.6) is 0 Å². The Labute approximate surface area is 108 Å². The minimum Gasteiger partial charge on any atom is -0.350 e. The number of benzene rings is 1. The topological polar surface area (TPSA) is 44.4 Å². The molecule has 4 nitrogen and oxygen atoms in total. The fourth-order valence-corrected chi connectivity index (χ4v) is 2.56. The molecule has 4 heteroatoms. The summed E-state index contributed by atoms with van der Waals surface area (Å²) in [5.74, 6) is 0.0377. The van der Waals surface area contributed by atoms with Gasteiger partial charge < -0.3 is 15.5 Å². The van der Waals surface area contributed by atoms with E-state index in [2.05, 4.69) is 34.6 Å². The van der Waals surface area contributed by atoms with E-state index in [-0.39, 0.29) is 12.1 Å². The highest BCUT2D eigenvalue weighted by Crippen LogP contribution is 2.29. The van der Waals surface area contributed by atoms with E-state index in [9.17, 15) is 4.79 Å². The molecule has 0 aliphatic carbocycles. The Kier molecular flexibility index (Phi) is 3.57. The molecule has 0 aromatic heterocycles. The fraction of sp³-hybridized carbons (Fsp3) is 0.500. The summed E-state index contributed by atoms with van der Waals surface area (Å²) in [6.45, 7) is 7.87. The smallest absolute Gasteiger partial charge is 0.255 e. The van der Waals surface area contributed by atoms with Gasteiger partial charge in [0.15, 0.2) is 0 Å². The second kappa shape index (κ2) is 4.98. The summed E-state index contributed by atoms with van der Waals surface area (Å²) in [4.78, 5) is 14.3. The summed E-state index contributed by atoms with van der Waals surface area (Å²) in [6.07, 6.45) is 0.0412. The van der Waals surface area contributed by atoms with Crippen molar-refractivity contribution in [3.63, 3.8) is 0 Å². The van der Waals surface area contributed by atoms with Gasteiger partial charge >= 0.3 is 0 Å². The van der Waals surface area contributed by atoms with Crippen molar-refractivity contribution in [3.05, 3.63) is 28.8 Å². The molecular weight excluding hydrogens is 226 g/mol. The van der Waals surface area contributed by atoms with Gasteiger partial charge in [0.25, 0.3) is 5.91 Å². The molecule has 1 amide bonds. The Balaban J connectivity index is 2.46. The number of carbonyl (C=O) groups excluding carboxylic acids is 1. The molecular formula is C14H21N3O. The molecule has 18 heavy (non-hydrogen) atoms. The van der Waals surface area contributed by atoms with Crippen LogP contribution in [-0.4, -0.2) is 32.2 Å². The number of hydrogen-bond donors (Lipinski definition) is 2. The van der Waals surface area contributed by atoms with Crippen molar-refractivity contribution < 1.29 is 4.79 Å². The number of aryl methyl sites for hydroxylation is 2. The van der Waals surface area contributed by atoms with Gasteiger partial charge in [-0.25, -0.2) is 0 Å². The predicted octanol–water partition coefficient (Wildman–Crippen LogP) is 1.42. The van der Waals surface area contributed by atoms with Crippen molar-refractivity contribution in [1.29, 1.82) is 0 Å².